The van der Waals surface area contributed by atoms with Crippen LogP contribution in [0.2, 0.25) is 0 Å². The van der Waals surface area contributed by atoms with Crippen molar-refractivity contribution >= 4 is 34.6 Å². The van der Waals surface area contributed by atoms with Gasteiger partial charge in [0.1, 0.15) is 0 Å². The third-order valence-electron chi connectivity index (χ3n) is 3.76. The molecule has 1 aliphatic rings. The van der Waals surface area contributed by atoms with E-state index in [-0.39, 0.29) is 12.0 Å². The van der Waals surface area contributed by atoms with E-state index >= 15 is 0 Å². The maximum Gasteiger partial charge on any atom is 0.264 e. The Morgan fingerprint density at radius 1 is 1.11 bits per heavy atom. The highest BCUT2D eigenvalue weighted by atomic mass is 32.2. The lowest BCUT2D eigenvalue weighted by Gasteiger charge is -2.13. The van der Waals surface area contributed by atoms with E-state index in [2.05, 4.69) is 10.3 Å². The van der Waals surface area contributed by atoms with Crippen molar-refractivity contribution in [2.24, 2.45) is 4.99 Å². The van der Waals surface area contributed by atoms with E-state index in [1.807, 2.05) is 69.3 Å². The van der Waals surface area contributed by atoms with E-state index in [0.717, 1.165) is 11.3 Å². The molecule has 1 fully saturated rings. The normalized spacial score (nSPS) is 16.9. The Bertz CT molecular complexity index is 902. The van der Waals surface area contributed by atoms with Gasteiger partial charge in [-0.15, -0.1) is 0 Å². The lowest BCUT2D eigenvalue weighted by molar-refractivity contribution is -0.115. The molecule has 0 spiro atoms. The fraction of sp³-hybridized carbons (Fsp3) is 0.238. The lowest BCUT2D eigenvalue weighted by Crippen LogP contribution is -2.19. The summed E-state index contributed by atoms with van der Waals surface area (Å²) in [4.78, 5) is 17.3. The molecule has 0 atom stereocenters. The van der Waals surface area contributed by atoms with Gasteiger partial charge in [0, 0.05) is 0 Å². The van der Waals surface area contributed by atoms with Gasteiger partial charge in [0.25, 0.3) is 5.91 Å². The molecule has 0 bridgehead atoms. The van der Waals surface area contributed by atoms with E-state index in [1.165, 1.54) is 17.3 Å². The van der Waals surface area contributed by atoms with Crippen molar-refractivity contribution < 1.29 is 14.3 Å². The Balaban J connectivity index is 1.81. The molecule has 1 amide bonds. The summed E-state index contributed by atoms with van der Waals surface area (Å²) in [5.41, 5.74) is 2.83. The number of hydrogen-bond donors (Lipinski definition) is 1. The molecule has 1 heterocycles. The monoisotopic (exact) mass is 382 g/mol. The summed E-state index contributed by atoms with van der Waals surface area (Å²) in [5, 5.41) is 3.37. The second-order valence-corrected chi connectivity index (χ2v) is 7.42. The first kappa shape index (κ1) is 19.0. The molecule has 1 aliphatic heterocycles. The minimum Gasteiger partial charge on any atom is -0.493 e. The second kappa shape index (κ2) is 8.31. The van der Waals surface area contributed by atoms with Crippen LogP contribution in [-0.2, 0) is 4.79 Å². The van der Waals surface area contributed by atoms with Crippen molar-refractivity contribution in [1.82, 2.24) is 5.32 Å². The molecule has 0 aliphatic carbocycles. The molecule has 27 heavy (non-hydrogen) atoms. The molecule has 0 aromatic heterocycles. The third kappa shape index (κ3) is 4.92. The van der Waals surface area contributed by atoms with Crippen LogP contribution in [0.4, 0.5) is 5.69 Å². The molecule has 0 radical (unpaired) electrons. The Hall–Kier alpha value is -2.73. The third-order valence-corrected chi connectivity index (χ3v) is 4.67. The van der Waals surface area contributed by atoms with Gasteiger partial charge in [-0.05, 0) is 68.4 Å². The minimum absolute atomic E-state index is 0.0554. The SMILES string of the molecule is COc1cc(/C=C2\SC(=Nc3ccc(C)cc3)NC2=O)ccc1OC(C)C. The van der Waals surface area contributed by atoms with Gasteiger partial charge in [-0.2, -0.15) is 0 Å². The van der Waals surface area contributed by atoms with Crippen LogP contribution in [-0.4, -0.2) is 24.3 Å². The molecule has 2 aromatic rings. The summed E-state index contributed by atoms with van der Waals surface area (Å²) in [5.74, 6) is 1.15. The summed E-state index contributed by atoms with van der Waals surface area (Å²) in [7, 11) is 1.60. The van der Waals surface area contributed by atoms with Gasteiger partial charge in [0.15, 0.2) is 16.7 Å². The van der Waals surface area contributed by atoms with Crippen LogP contribution in [0.15, 0.2) is 52.4 Å². The predicted molar refractivity (Wildman–Crippen MR) is 111 cm³/mol. The van der Waals surface area contributed by atoms with Crippen LogP contribution in [0.25, 0.3) is 6.08 Å². The molecule has 140 valence electrons. The topological polar surface area (TPSA) is 59.9 Å². The number of rotatable bonds is 5. The van der Waals surface area contributed by atoms with Crippen LogP contribution in [0.5, 0.6) is 11.5 Å². The molecule has 2 aromatic carbocycles. The largest absolute Gasteiger partial charge is 0.493 e. The highest BCUT2D eigenvalue weighted by Gasteiger charge is 2.24. The fourth-order valence-corrected chi connectivity index (χ4v) is 3.34. The van der Waals surface area contributed by atoms with Crippen molar-refractivity contribution in [2.75, 3.05) is 7.11 Å². The van der Waals surface area contributed by atoms with Crippen molar-refractivity contribution in [3.05, 3.63) is 58.5 Å². The minimum atomic E-state index is -0.160. The summed E-state index contributed by atoms with van der Waals surface area (Å²) < 4.78 is 11.1. The second-order valence-electron chi connectivity index (χ2n) is 6.39. The first-order valence-electron chi connectivity index (χ1n) is 8.65. The number of carbonyl (C=O) groups is 1. The van der Waals surface area contributed by atoms with Crippen molar-refractivity contribution in [2.45, 2.75) is 26.9 Å². The number of methoxy groups -OCH3 is 1. The number of benzene rings is 2. The quantitative estimate of drug-likeness (QED) is 0.763. The van der Waals surface area contributed by atoms with Gasteiger partial charge in [-0.25, -0.2) is 4.99 Å². The number of carbonyl (C=O) groups excluding carboxylic acids is 1. The number of nitrogens with zero attached hydrogens (tertiary/aromatic N) is 1. The average molecular weight is 382 g/mol. The van der Waals surface area contributed by atoms with Crippen LogP contribution >= 0.6 is 11.8 Å². The Morgan fingerprint density at radius 2 is 1.85 bits per heavy atom. The van der Waals surface area contributed by atoms with E-state index in [4.69, 9.17) is 9.47 Å². The van der Waals surface area contributed by atoms with Crippen molar-refractivity contribution in [3.8, 4) is 11.5 Å². The van der Waals surface area contributed by atoms with E-state index < -0.39 is 0 Å². The summed E-state index contributed by atoms with van der Waals surface area (Å²) in [6.45, 7) is 5.95. The Morgan fingerprint density at radius 3 is 2.52 bits per heavy atom. The number of amides is 1. The average Bonchev–Trinajstić information content (AvgIpc) is 2.97. The summed E-state index contributed by atoms with van der Waals surface area (Å²) >= 11 is 1.32. The van der Waals surface area contributed by atoms with Crippen LogP contribution in [0.3, 0.4) is 0 Å². The van der Waals surface area contributed by atoms with Gasteiger partial charge >= 0.3 is 0 Å². The molecular weight excluding hydrogens is 360 g/mol. The smallest absolute Gasteiger partial charge is 0.264 e. The zero-order valence-electron chi connectivity index (χ0n) is 15.8. The Labute approximate surface area is 163 Å². The van der Waals surface area contributed by atoms with Crippen LogP contribution in [0.1, 0.15) is 25.0 Å². The molecule has 1 N–H and O–H groups in total. The van der Waals surface area contributed by atoms with Crippen molar-refractivity contribution in [1.29, 1.82) is 0 Å². The standard InChI is InChI=1S/C21H22N2O3S/c1-13(2)26-17-10-7-15(11-18(17)25-4)12-19-20(24)23-21(27-19)22-16-8-5-14(3)6-9-16/h5-13H,1-4H3,(H,22,23,24)/b19-12-. The van der Waals surface area contributed by atoms with Crippen LogP contribution < -0.4 is 14.8 Å². The molecule has 0 saturated carbocycles. The first-order chi connectivity index (χ1) is 12.9. The zero-order valence-corrected chi connectivity index (χ0v) is 16.6. The fourth-order valence-electron chi connectivity index (χ4n) is 2.49. The number of hydrogen-bond acceptors (Lipinski definition) is 5. The van der Waals surface area contributed by atoms with E-state index in [1.54, 1.807) is 7.11 Å². The number of amidine groups is 1. The molecule has 3 rings (SSSR count). The summed E-state index contributed by atoms with van der Waals surface area (Å²) in [6.07, 6.45) is 1.87. The number of aryl methyl sites for hydroxylation is 1. The van der Waals surface area contributed by atoms with Gasteiger partial charge in [-0.3, -0.25) is 4.79 Å². The highest BCUT2D eigenvalue weighted by molar-refractivity contribution is 8.18. The maximum absolute atomic E-state index is 12.3. The van der Waals surface area contributed by atoms with Crippen molar-refractivity contribution in [3.63, 3.8) is 0 Å². The maximum atomic E-state index is 12.3. The molecule has 1 saturated heterocycles. The van der Waals surface area contributed by atoms with Gasteiger partial charge in [-0.1, -0.05) is 23.8 Å². The Kier molecular flexibility index (Phi) is 5.86. The molecular formula is C21H22N2O3S. The molecule has 5 nitrogen and oxygen atoms in total. The first-order valence-corrected chi connectivity index (χ1v) is 9.47. The van der Waals surface area contributed by atoms with Gasteiger partial charge in [0.2, 0.25) is 0 Å². The number of aliphatic imine (C=N–C) groups is 1. The van der Waals surface area contributed by atoms with E-state index in [0.29, 0.717) is 21.6 Å². The lowest BCUT2D eigenvalue weighted by atomic mass is 10.2. The number of nitrogens with one attached hydrogen (secondary N) is 1. The predicted octanol–water partition coefficient (Wildman–Crippen LogP) is 4.68. The molecule has 6 heteroatoms. The highest BCUT2D eigenvalue weighted by Crippen LogP contribution is 2.32. The van der Waals surface area contributed by atoms with Gasteiger partial charge < -0.3 is 14.8 Å². The number of ether oxygens (including phenoxy) is 2. The van der Waals surface area contributed by atoms with E-state index in [9.17, 15) is 4.79 Å². The number of thioether (sulfide) groups is 1. The summed E-state index contributed by atoms with van der Waals surface area (Å²) in [6, 6.07) is 13.4. The zero-order chi connectivity index (χ0) is 19.4. The van der Waals surface area contributed by atoms with Gasteiger partial charge in [0.05, 0.1) is 23.8 Å². The molecule has 0 unspecified atom stereocenters. The van der Waals surface area contributed by atoms with Crippen LogP contribution in [0, 0.1) is 6.92 Å².